The summed E-state index contributed by atoms with van der Waals surface area (Å²) in [6, 6.07) is -0.712. The van der Waals surface area contributed by atoms with Crippen molar-refractivity contribution in [3.63, 3.8) is 0 Å². The van der Waals surface area contributed by atoms with Crippen LogP contribution in [0.2, 0.25) is 0 Å². The highest BCUT2D eigenvalue weighted by molar-refractivity contribution is 5.85. The molecule has 1 atom stereocenters. The van der Waals surface area contributed by atoms with Crippen molar-refractivity contribution in [2.45, 2.75) is 32.2 Å². The molecule has 0 radical (unpaired) electrons. The maximum Gasteiger partial charge on any atom is 0.328 e. The summed E-state index contributed by atoms with van der Waals surface area (Å²) in [5.41, 5.74) is 10.6. The van der Waals surface area contributed by atoms with Gasteiger partial charge in [0, 0.05) is 0 Å². The van der Waals surface area contributed by atoms with Gasteiger partial charge in [-0.15, -0.1) is 12.4 Å². The standard InChI is InChI=1S/C8H17N3O2.ClH/c1-6(10)11-7(8(12)13)4-2-3-5-9;/h7H,2-5,9H2,1H3,(H2,10,11)(H,12,13);1H/t7-;/m0./s1. The van der Waals surface area contributed by atoms with Gasteiger partial charge in [0.05, 0.1) is 5.84 Å². The Hall–Kier alpha value is -0.810. The van der Waals surface area contributed by atoms with Crippen LogP contribution < -0.4 is 11.5 Å². The fourth-order valence-corrected chi connectivity index (χ4v) is 0.971. The van der Waals surface area contributed by atoms with Crippen molar-refractivity contribution in [2.24, 2.45) is 16.5 Å². The number of carboxylic acid groups (broad SMARTS) is 1. The molecule has 0 aliphatic carbocycles. The second-order valence-corrected chi connectivity index (χ2v) is 2.91. The molecule has 84 valence electrons. The lowest BCUT2D eigenvalue weighted by Crippen LogP contribution is -2.22. The normalized spacial score (nSPS) is 13.1. The van der Waals surface area contributed by atoms with Gasteiger partial charge in [0.2, 0.25) is 0 Å². The number of amidine groups is 1. The summed E-state index contributed by atoms with van der Waals surface area (Å²) in [5.74, 6) is -0.623. The summed E-state index contributed by atoms with van der Waals surface area (Å²) < 4.78 is 0. The molecule has 0 aromatic rings. The van der Waals surface area contributed by atoms with Crippen LogP contribution in [0.4, 0.5) is 0 Å². The number of aliphatic carboxylic acids is 1. The quantitative estimate of drug-likeness (QED) is 0.344. The van der Waals surface area contributed by atoms with Crippen LogP contribution in [-0.4, -0.2) is 29.5 Å². The zero-order chi connectivity index (χ0) is 10.3. The predicted molar refractivity (Wildman–Crippen MR) is 58.9 cm³/mol. The van der Waals surface area contributed by atoms with Crippen molar-refractivity contribution >= 4 is 24.2 Å². The monoisotopic (exact) mass is 223 g/mol. The van der Waals surface area contributed by atoms with E-state index in [-0.39, 0.29) is 12.4 Å². The van der Waals surface area contributed by atoms with Gasteiger partial charge in [0.1, 0.15) is 6.04 Å². The van der Waals surface area contributed by atoms with Crippen LogP contribution in [-0.2, 0) is 4.79 Å². The number of carboxylic acids is 1. The van der Waals surface area contributed by atoms with Crippen molar-refractivity contribution in [1.29, 1.82) is 0 Å². The van der Waals surface area contributed by atoms with Gasteiger partial charge < -0.3 is 16.6 Å². The second-order valence-electron chi connectivity index (χ2n) is 2.91. The van der Waals surface area contributed by atoms with Gasteiger partial charge in [0.15, 0.2) is 0 Å². The minimum absolute atomic E-state index is 0. The molecule has 0 aliphatic rings. The third-order valence-electron chi connectivity index (χ3n) is 1.58. The Kier molecular flexibility index (Phi) is 9.81. The molecule has 0 saturated carbocycles. The van der Waals surface area contributed by atoms with Gasteiger partial charge in [-0.1, -0.05) is 0 Å². The van der Waals surface area contributed by atoms with E-state index in [2.05, 4.69) is 4.99 Å². The number of nitrogens with two attached hydrogens (primary N) is 2. The van der Waals surface area contributed by atoms with E-state index in [1.165, 1.54) is 0 Å². The molecule has 0 aromatic carbocycles. The molecular weight excluding hydrogens is 206 g/mol. The van der Waals surface area contributed by atoms with Crippen molar-refractivity contribution in [3.8, 4) is 0 Å². The summed E-state index contributed by atoms with van der Waals surface area (Å²) in [5, 5.41) is 8.73. The molecule has 0 amide bonds. The molecule has 0 spiro atoms. The zero-order valence-corrected chi connectivity index (χ0v) is 9.09. The van der Waals surface area contributed by atoms with Gasteiger partial charge in [-0.2, -0.15) is 0 Å². The van der Waals surface area contributed by atoms with Crippen LogP contribution in [0.5, 0.6) is 0 Å². The van der Waals surface area contributed by atoms with E-state index in [9.17, 15) is 4.79 Å². The Bertz CT molecular complexity index is 193. The molecule has 6 heteroatoms. The van der Waals surface area contributed by atoms with Crippen molar-refractivity contribution < 1.29 is 9.90 Å². The minimum atomic E-state index is -0.929. The number of rotatable bonds is 6. The Labute approximate surface area is 90.0 Å². The first kappa shape index (κ1) is 15.7. The number of carbonyl (C=O) groups is 1. The van der Waals surface area contributed by atoms with Crippen LogP contribution in [0.15, 0.2) is 4.99 Å². The van der Waals surface area contributed by atoms with Gasteiger partial charge in [-0.25, -0.2) is 4.79 Å². The topological polar surface area (TPSA) is 102 Å². The third kappa shape index (κ3) is 7.82. The van der Waals surface area contributed by atoms with E-state index in [1.807, 2.05) is 0 Å². The fourth-order valence-electron chi connectivity index (χ4n) is 0.971. The average Bonchev–Trinajstić information content (AvgIpc) is 2.02. The first-order valence-corrected chi connectivity index (χ1v) is 4.30. The minimum Gasteiger partial charge on any atom is -0.480 e. The van der Waals surface area contributed by atoms with E-state index in [0.29, 0.717) is 18.8 Å². The number of unbranched alkanes of at least 4 members (excludes halogenated alkanes) is 1. The molecule has 0 aliphatic heterocycles. The highest BCUT2D eigenvalue weighted by Gasteiger charge is 2.14. The second kappa shape index (κ2) is 8.77. The Balaban J connectivity index is 0. The van der Waals surface area contributed by atoms with Crippen LogP contribution in [0.1, 0.15) is 26.2 Å². The molecule has 0 heterocycles. The first-order chi connectivity index (χ1) is 6.07. The van der Waals surface area contributed by atoms with Crippen molar-refractivity contribution in [3.05, 3.63) is 0 Å². The molecule has 0 unspecified atom stereocenters. The highest BCUT2D eigenvalue weighted by Crippen LogP contribution is 2.04. The van der Waals surface area contributed by atoms with E-state index >= 15 is 0 Å². The zero-order valence-electron chi connectivity index (χ0n) is 8.27. The van der Waals surface area contributed by atoms with Crippen LogP contribution in [0.3, 0.4) is 0 Å². The number of nitrogens with zero attached hydrogens (tertiary/aromatic N) is 1. The van der Waals surface area contributed by atoms with E-state index in [0.717, 1.165) is 12.8 Å². The van der Waals surface area contributed by atoms with Crippen LogP contribution in [0.25, 0.3) is 0 Å². The van der Waals surface area contributed by atoms with Crippen LogP contribution >= 0.6 is 12.4 Å². The number of halogens is 1. The summed E-state index contributed by atoms with van der Waals surface area (Å²) in [4.78, 5) is 14.4. The lowest BCUT2D eigenvalue weighted by Gasteiger charge is -2.06. The third-order valence-corrected chi connectivity index (χ3v) is 1.58. The lowest BCUT2D eigenvalue weighted by atomic mass is 10.1. The highest BCUT2D eigenvalue weighted by atomic mass is 35.5. The number of hydrogen-bond acceptors (Lipinski definition) is 3. The summed E-state index contributed by atoms with van der Waals surface area (Å²) in [7, 11) is 0. The maximum absolute atomic E-state index is 10.6. The van der Waals surface area contributed by atoms with Gasteiger partial charge in [-0.3, -0.25) is 4.99 Å². The summed E-state index contributed by atoms with van der Waals surface area (Å²) in [6.45, 7) is 2.16. The molecule has 14 heavy (non-hydrogen) atoms. The molecule has 0 fully saturated rings. The van der Waals surface area contributed by atoms with Gasteiger partial charge in [0.25, 0.3) is 0 Å². The molecule has 0 rings (SSSR count). The predicted octanol–water partition coefficient (Wildman–Crippen LogP) is 0.367. The molecule has 0 bridgehead atoms. The van der Waals surface area contributed by atoms with E-state index < -0.39 is 12.0 Å². The Morgan fingerprint density at radius 3 is 2.43 bits per heavy atom. The number of hydrogen-bond donors (Lipinski definition) is 3. The largest absolute Gasteiger partial charge is 0.480 e. The van der Waals surface area contributed by atoms with E-state index in [4.69, 9.17) is 16.6 Å². The molecule has 0 aromatic heterocycles. The average molecular weight is 224 g/mol. The van der Waals surface area contributed by atoms with Gasteiger partial charge in [-0.05, 0) is 32.7 Å². The Morgan fingerprint density at radius 2 is 2.07 bits per heavy atom. The van der Waals surface area contributed by atoms with E-state index in [1.54, 1.807) is 6.92 Å². The molecule has 5 N–H and O–H groups in total. The number of aliphatic imine (C=N–C) groups is 1. The summed E-state index contributed by atoms with van der Waals surface area (Å²) in [6.07, 6.45) is 2.09. The smallest absolute Gasteiger partial charge is 0.328 e. The Morgan fingerprint density at radius 1 is 1.50 bits per heavy atom. The molecule has 0 saturated heterocycles. The first-order valence-electron chi connectivity index (χ1n) is 4.30. The maximum atomic E-state index is 10.6. The summed E-state index contributed by atoms with van der Waals surface area (Å²) >= 11 is 0. The van der Waals surface area contributed by atoms with Gasteiger partial charge >= 0.3 is 5.97 Å². The van der Waals surface area contributed by atoms with Crippen molar-refractivity contribution in [2.75, 3.05) is 6.54 Å². The SMILES string of the molecule is CC(N)=N[C@@H](CCCCN)C(=O)O.Cl. The molecular formula is C8H18ClN3O2. The molecule has 5 nitrogen and oxygen atoms in total. The van der Waals surface area contributed by atoms with Crippen LogP contribution in [0, 0.1) is 0 Å². The fraction of sp³-hybridized carbons (Fsp3) is 0.750. The van der Waals surface area contributed by atoms with Crippen molar-refractivity contribution in [1.82, 2.24) is 0 Å². The lowest BCUT2D eigenvalue weighted by molar-refractivity contribution is -0.138.